The number of fused-ring (bicyclic) bond motifs is 2. The van der Waals surface area contributed by atoms with Gasteiger partial charge in [0.1, 0.15) is 6.54 Å². The Hall–Kier alpha value is -3.55. The second-order valence-electron chi connectivity index (χ2n) is 5.29. The lowest BCUT2D eigenvalue weighted by Crippen LogP contribution is -2.37. The number of aromatic nitrogens is 3. The van der Waals surface area contributed by atoms with Crippen LogP contribution in [0.3, 0.4) is 0 Å². The van der Waals surface area contributed by atoms with Crippen LogP contribution in [-0.2, 0) is 4.79 Å². The average Bonchev–Trinajstić information content (AvgIpc) is 3.14. The number of anilines is 1. The summed E-state index contributed by atoms with van der Waals surface area (Å²) in [5, 5.41) is 2.62. The monoisotopic (exact) mass is 321 g/mol. The van der Waals surface area contributed by atoms with Crippen molar-refractivity contribution in [1.82, 2.24) is 19.9 Å². The number of carbonyl (C=O) groups is 3. The molecule has 0 spiro atoms. The average molecular weight is 321 g/mol. The maximum Gasteiger partial charge on any atom is 0.262 e. The van der Waals surface area contributed by atoms with Crippen molar-refractivity contribution in [3.63, 3.8) is 0 Å². The largest absolute Gasteiger partial charge is 0.343 e. The van der Waals surface area contributed by atoms with Crippen LogP contribution in [0.1, 0.15) is 20.7 Å². The van der Waals surface area contributed by atoms with E-state index in [-0.39, 0.29) is 6.54 Å². The van der Waals surface area contributed by atoms with Gasteiger partial charge in [-0.2, -0.15) is 0 Å². The van der Waals surface area contributed by atoms with Crippen LogP contribution in [0, 0.1) is 0 Å². The molecule has 118 valence electrons. The number of pyridine rings is 1. The van der Waals surface area contributed by atoms with Crippen molar-refractivity contribution in [2.75, 3.05) is 11.9 Å². The molecule has 0 bridgehead atoms. The van der Waals surface area contributed by atoms with Crippen LogP contribution >= 0.6 is 0 Å². The summed E-state index contributed by atoms with van der Waals surface area (Å²) in [5.74, 6) is -1.41. The first-order chi connectivity index (χ1) is 11.6. The van der Waals surface area contributed by atoms with E-state index in [1.807, 2.05) is 0 Å². The van der Waals surface area contributed by atoms with Gasteiger partial charge in [-0.05, 0) is 18.2 Å². The number of benzene rings is 1. The fourth-order valence-electron chi connectivity index (χ4n) is 2.62. The summed E-state index contributed by atoms with van der Waals surface area (Å²) < 4.78 is 0. The topological polar surface area (TPSA) is 108 Å². The smallest absolute Gasteiger partial charge is 0.262 e. The lowest BCUT2D eigenvalue weighted by atomic mass is 10.1. The SMILES string of the molecule is O=C(CN1C(=O)c2ccccc2C1=O)Nc1cnc2nc[nH]c2c1. The molecule has 2 N–H and O–H groups in total. The van der Waals surface area contributed by atoms with Crippen molar-refractivity contribution < 1.29 is 14.4 Å². The summed E-state index contributed by atoms with van der Waals surface area (Å²) in [7, 11) is 0. The van der Waals surface area contributed by atoms with E-state index in [2.05, 4.69) is 20.3 Å². The molecular formula is C16H11N5O3. The quantitative estimate of drug-likeness (QED) is 0.705. The third kappa shape index (κ3) is 2.21. The van der Waals surface area contributed by atoms with Gasteiger partial charge in [-0.25, -0.2) is 9.97 Å². The normalized spacial score (nSPS) is 13.4. The predicted octanol–water partition coefficient (Wildman–Crippen LogP) is 1.19. The van der Waals surface area contributed by atoms with Crippen molar-refractivity contribution >= 4 is 34.6 Å². The third-order valence-electron chi connectivity index (χ3n) is 3.74. The van der Waals surface area contributed by atoms with Crippen LogP contribution in [0.2, 0.25) is 0 Å². The molecule has 0 fully saturated rings. The van der Waals surface area contributed by atoms with E-state index < -0.39 is 17.7 Å². The van der Waals surface area contributed by atoms with Gasteiger partial charge in [-0.15, -0.1) is 0 Å². The number of amides is 3. The highest BCUT2D eigenvalue weighted by Crippen LogP contribution is 2.22. The van der Waals surface area contributed by atoms with Crippen LogP contribution in [-0.4, -0.2) is 44.1 Å². The van der Waals surface area contributed by atoms with E-state index in [9.17, 15) is 14.4 Å². The van der Waals surface area contributed by atoms with Crippen LogP contribution in [0.5, 0.6) is 0 Å². The summed E-state index contributed by atoms with van der Waals surface area (Å²) in [6.07, 6.45) is 2.96. The first kappa shape index (κ1) is 14.1. The lowest BCUT2D eigenvalue weighted by Gasteiger charge is -2.13. The molecule has 8 nitrogen and oxygen atoms in total. The molecule has 1 aliphatic heterocycles. The standard InChI is InChI=1S/C16H11N5O3/c22-13(20-9-5-12-14(17-6-9)19-8-18-12)7-21-15(23)10-3-1-2-4-11(10)16(21)24/h1-6,8H,7H2,(H,20,22)(H,17,18,19). The summed E-state index contributed by atoms with van der Waals surface area (Å²) in [4.78, 5) is 48.5. The highest BCUT2D eigenvalue weighted by molar-refractivity contribution is 6.22. The number of aromatic amines is 1. The second-order valence-corrected chi connectivity index (χ2v) is 5.29. The molecule has 0 unspecified atom stereocenters. The van der Waals surface area contributed by atoms with E-state index in [0.29, 0.717) is 28.0 Å². The van der Waals surface area contributed by atoms with Crippen molar-refractivity contribution in [2.45, 2.75) is 0 Å². The van der Waals surface area contributed by atoms with Crippen molar-refractivity contribution in [3.05, 3.63) is 54.0 Å². The van der Waals surface area contributed by atoms with E-state index in [0.717, 1.165) is 4.90 Å². The molecule has 3 amide bonds. The summed E-state index contributed by atoms with van der Waals surface area (Å²) in [6, 6.07) is 8.18. The lowest BCUT2D eigenvalue weighted by molar-refractivity contribution is -0.116. The van der Waals surface area contributed by atoms with Crippen molar-refractivity contribution in [2.24, 2.45) is 0 Å². The Morgan fingerprint density at radius 2 is 1.83 bits per heavy atom. The van der Waals surface area contributed by atoms with E-state index in [1.165, 1.54) is 12.5 Å². The molecule has 1 aliphatic rings. The number of H-pyrrole nitrogens is 1. The van der Waals surface area contributed by atoms with Gasteiger partial charge in [0.25, 0.3) is 11.8 Å². The zero-order chi connectivity index (χ0) is 16.7. The second kappa shape index (κ2) is 5.27. The highest BCUT2D eigenvalue weighted by Gasteiger charge is 2.36. The molecule has 0 saturated heterocycles. The molecule has 1 aromatic carbocycles. The van der Waals surface area contributed by atoms with Crippen LogP contribution in [0.4, 0.5) is 5.69 Å². The zero-order valence-electron chi connectivity index (χ0n) is 12.3. The fourth-order valence-corrected chi connectivity index (χ4v) is 2.62. The van der Waals surface area contributed by atoms with Gasteiger partial charge in [-0.1, -0.05) is 12.1 Å². The summed E-state index contributed by atoms with van der Waals surface area (Å²) in [5.41, 5.74) is 2.29. The van der Waals surface area contributed by atoms with Crippen LogP contribution in [0.15, 0.2) is 42.9 Å². The Labute approximate surface area is 135 Å². The molecule has 2 aromatic heterocycles. The number of imide groups is 1. The number of carbonyl (C=O) groups excluding carboxylic acids is 3. The molecule has 0 atom stereocenters. The number of hydrogen-bond acceptors (Lipinski definition) is 5. The number of imidazole rings is 1. The van der Waals surface area contributed by atoms with Gasteiger partial charge in [0.15, 0.2) is 5.65 Å². The Balaban J connectivity index is 1.50. The third-order valence-corrected chi connectivity index (χ3v) is 3.74. The van der Waals surface area contributed by atoms with Crippen LogP contribution in [0.25, 0.3) is 11.2 Å². The molecule has 0 aliphatic carbocycles. The van der Waals surface area contributed by atoms with Crippen molar-refractivity contribution in [1.29, 1.82) is 0 Å². The maximum atomic E-state index is 12.2. The zero-order valence-corrected chi connectivity index (χ0v) is 12.3. The minimum Gasteiger partial charge on any atom is -0.343 e. The van der Waals surface area contributed by atoms with Gasteiger partial charge in [0, 0.05) is 0 Å². The first-order valence-electron chi connectivity index (χ1n) is 7.18. The van der Waals surface area contributed by atoms with Crippen LogP contribution < -0.4 is 5.32 Å². The van der Waals surface area contributed by atoms with Gasteiger partial charge < -0.3 is 10.3 Å². The molecule has 3 aromatic rings. The van der Waals surface area contributed by atoms with E-state index in [4.69, 9.17) is 0 Å². The minimum atomic E-state index is -0.481. The number of nitrogens with zero attached hydrogens (tertiary/aromatic N) is 3. The van der Waals surface area contributed by atoms with E-state index in [1.54, 1.807) is 30.3 Å². The molecule has 3 heterocycles. The number of hydrogen-bond donors (Lipinski definition) is 2. The molecule has 0 saturated carbocycles. The van der Waals surface area contributed by atoms with Gasteiger partial charge in [0.2, 0.25) is 5.91 Å². The van der Waals surface area contributed by atoms with Gasteiger partial charge in [0.05, 0.1) is 34.9 Å². The highest BCUT2D eigenvalue weighted by atomic mass is 16.2. The number of rotatable bonds is 3. The molecule has 0 radical (unpaired) electrons. The van der Waals surface area contributed by atoms with Gasteiger partial charge >= 0.3 is 0 Å². The number of nitrogens with one attached hydrogen (secondary N) is 2. The molecule has 8 heteroatoms. The molecule has 24 heavy (non-hydrogen) atoms. The predicted molar refractivity (Wildman–Crippen MR) is 84.3 cm³/mol. The van der Waals surface area contributed by atoms with Gasteiger partial charge in [-0.3, -0.25) is 19.3 Å². The Morgan fingerprint density at radius 1 is 1.12 bits per heavy atom. The maximum absolute atomic E-state index is 12.2. The first-order valence-corrected chi connectivity index (χ1v) is 7.18. The summed E-state index contributed by atoms with van der Waals surface area (Å²) in [6.45, 7) is -0.354. The minimum absolute atomic E-state index is 0.316. The van der Waals surface area contributed by atoms with E-state index >= 15 is 0 Å². The Kier molecular flexibility index (Phi) is 3.09. The molecule has 4 rings (SSSR count). The Bertz CT molecular complexity index is 959. The Morgan fingerprint density at radius 3 is 2.54 bits per heavy atom. The molecular weight excluding hydrogens is 310 g/mol. The van der Waals surface area contributed by atoms with Crippen molar-refractivity contribution in [3.8, 4) is 0 Å². The fraction of sp³-hybridized carbons (Fsp3) is 0.0625. The summed E-state index contributed by atoms with van der Waals surface area (Å²) >= 11 is 0.